The van der Waals surface area contributed by atoms with Gasteiger partial charge in [-0.25, -0.2) is 17.6 Å². The van der Waals surface area contributed by atoms with Crippen molar-refractivity contribution >= 4 is 45.0 Å². The van der Waals surface area contributed by atoms with Crippen molar-refractivity contribution in [3.05, 3.63) is 77.0 Å². The van der Waals surface area contributed by atoms with E-state index < -0.39 is 41.0 Å². The average molecular weight is 934 g/mol. The van der Waals surface area contributed by atoms with Crippen LogP contribution in [0.4, 0.5) is 29.1 Å². The molecule has 7 heterocycles. The van der Waals surface area contributed by atoms with Crippen molar-refractivity contribution < 1.29 is 37.0 Å². The summed E-state index contributed by atoms with van der Waals surface area (Å²) in [4.78, 5) is 47.5. The molecule has 2 aliphatic carbocycles. The molecule has 13 nitrogen and oxygen atoms in total. The van der Waals surface area contributed by atoms with E-state index in [1.165, 1.54) is 24.3 Å². The number of rotatable bonds is 11. The Kier molecular flexibility index (Phi) is 10.6. The maximum Gasteiger partial charge on any atom is 0.319 e. The summed E-state index contributed by atoms with van der Waals surface area (Å²) in [5.41, 5.74) is 1.22. The van der Waals surface area contributed by atoms with Gasteiger partial charge in [0.15, 0.2) is 5.82 Å². The molecule has 17 heteroatoms. The van der Waals surface area contributed by atoms with Crippen molar-refractivity contribution in [1.82, 2.24) is 35.4 Å². The number of pyridine rings is 1. The summed E-state index contributed by atoms with van der Waals surface area (Å²) >= 11 is 0. The van der Waals surface area contributed by atoms with Crippen LogP contribution in [-0.4, -0.2) is 125 Å². The second-order valence-electron chi connectivity index (χ2n) is 20.9. The van der Waals surface area contributed by atoms with E-state index in [0.717, 1.165) is 71.2 Å². The zero-order valence-electron chi connectivity index (χ0n) is 38.1. The Hall–Kier alpha value is -5.65. The fraction of sp³-hybridized carbons (Fsp3) is 0.510. The van der Waals surface area contributed by atoms with Gasteiger partial charge in [-0.3, -0.25) is 24.8 Å². The summed E-state index contributed by atoms with van der Waals surface area (Å²) in [5.74, 6) is -4.18. The van der Waals surface area contributed by atoms with Crippen LogP contribution in [0.25, 0.3) is 32.9 Å². The molecule has 7 fully saturated rings. The van der Waals surface area contributed by atoms with Gasteiger partial charge < -0.3 is 29.9 Å². The number of carbonyl (C=O) groups excluding carboxylic acids is 2. The number of aromatic nitrogens is 3. The van der Waals surface area contributed by atoms with Gasteiger partial charge in [-0.1, -0.05) is 13.0 Å². The number of anilines is 2. The van der Waals surface area contributed by atoms with Crippen molar-refractivity contribution in [3.8, 4) is 23.0 Å². The lowest BCUT2D eigenvalue weighted by molar-refractivity contribution is -0.134. The standard InChI is InChI=1S/C51H55F4N9O4/c1-2-34-38(52)7-3-28-15-33(65)18-36(42(28)34)45-44(55)46-37(21-56-45)47(64-22-29-4-5-30(23-64)57-29)60-49(59-46)68-27-50(9-10-50)24-61-25-51(26-61)19-32(20-51)63-13-11-62(12-14-63)31-16-39(53)43(40(54)17-31)35-6-8-41(66)58-48(35)67/h3,7,15-18,21,29-30,32,35,57,65H,2,4-6,8-14,19-20,22-27H2,1H3,(H,58,66,67). The number of nitrogens with zero attached hydrogens (tertiary/aromatic N) is 7. The Morgan fingerprint density at radius 2 is 1.62 bits per heavy atom. The molecule has 3 aromatic carbocycles. The van der Waals surface area contributed by atoms with Crippen molar-refractivity contribution in [2.45, 2.75) is 88.8 Å². The number of aromatic hydroxyl groups is 1. The number of hydrogen-bond acceptors (Lipinski definition) is 12. The summed E-state index contributed by atoms with van der Waals surface area (Å²) < 4.78 is 69.4. The van der Waals surface area contributed by atoms with Gasteiger partial charge in [-0.05, 0) is 103 Å². The molecule has 5 saturated heterocycles. The predicted molar refractivity (Wildman–Crippen MR) is 248 cm³/mol. The highest BCUT2D eigenvalue weighted by molar-refractivity contribution is 6.02. The Bertz CT molecular complexity index is 2840. The van der Waals surface area contributed by atoms with E-state index in [2.05, 4.69) is 30.3 Å². The molecule has 12 rings (SSSR count). The first-order chi connectivity index (χ1) is 32.8. The van der Waals surface area contributed by atoms with E-state index in [1.807, 2.05) is 11.8 Å². The molecule has 2 saturated carbocycles. The summed E-state index contributed by atoms with van der Waals surface area (Å²) in [6.07, 6.45) is 8.50. The number of ether oxygens (including phenoxy) is 1. The second-order valence-corrected chi connectivity index (χ2v) is 20.9. The van der Waals surface area contributed by atoms with Gasteiger partial charge in [0.25, 0.3) is 0 Å². The van der Waals surface area contributed by atoms with Gasteiger partial charge >= 0.3 is 6.01 Å². The smallest absolute Gasteiger partial charge is 0.319 e. The molecule has 5 aliphatic heterocycles. The molecule has 3 N–H and O–H groups in total. The van der Waals surface area contributed by atoms with Crippen LogP contribution in [0.1, 0.15) is 75.3 Å². The Morgan fingerprint density at radius 3 is 2.31 bits per heavy atom. The van der Waals surface area contributed by atoms with E-state index in [1.54, 1.807) is 18.3 Å². The Morgan fingerprint density at radius 1 is 0.882 bits per heavy atom. The van der Waals surface area contributed by atoms with Crippen molar-refractivity contribution in [1.29, 1.82) is 0 Å². The van der Waals surface area contributed by atoms with Crippen molar-refractivity contribution in [2.24, 2.45) is 10.8 Å². The molecule has 3 atom stereocenters. The number of phenols is 1. The number of benzene rings is 3. The Labute approximate surface area is 391 Å². The molecule has 356 valence electrons. The van der Waals surface area contributed by atoms with Crippen LogP contribution < -0.4 is 25.2 Å². The number of piperidine rings is 1. The third-order valence-corrected chi connectivity index (χ3v) is 16.2. The van der Waals surface area contributed by atoms with Crippen molar-refractivity contribution in [2.75, 3.05) is 75.3 Å². The maximum absolute atomic E-state index is 17.1. The van der Waals surface area contributed by atoms with E-state index in [9.17, 15) is 14.7 Å². The van der Waals surface area contributed by atoms with Crippen LogP contribution in [0.3, 0.4) is 0 Å². The van der Waals surface area contributed by atoms with Crippen LogP contribution in [-0.2, 0) is 16.0 Å². The number of imide groups is 1. The molecule has 2 amide bonds. The van der Waals surface area contributed by atoms with Crippen LogP contribution in [0.15, 0.2) is 42.6 Å². The zero-order valence-corrected chi connectivity index (χ0v) is 38.1. The summed E-state index contributed by atoms with van der Waals surface area (Å²) in [6.45, 7) is 9.53. The highest BCUT2D eigenvalue weighted by Crippen LogP contribution is 2.54. The minimum absolute atomic E-state index is 0.0235. The van der Waals surface area contributed by atoms with Crippen LogP contribution in [0.2, 0.25) is 0 Å². The number of amides is 2. The normalized spacial score (nSPS) is 24.7. The lowest BCUT2D eigenvalue weighted by atomic mass is 9.60. The number of phenolic OH excluding ortho intramolecular Hbond substituents is 1. The molecule has 0 radical (unpaired) electrons. The lowest BCUT2D eigenvalue weighted by Gasteiger charge is -2.62. The number of nitrogens with one attached hydrogen (secondary N) is 2. The Balaban J connectivity index is 0.699. The number of aryl methyl sites for hydroxylation is 1. The molecule has 2 aromatic heterocycles. The molecular formula is C51H55F4N9O4. The van der Waals surface area contributed by atoms with Gasteiger partial charge in [0, 0.05) is 112 Å². The fourth-order valence-corrected chi connectivity index (χ4v) is 12.6. The highest BCUT2D eigenvalue weighted by atomic mass is 19.1. The fourth-order valence-electron chi connectivity index (χ4n) is 12.6. The number of halogens is 4. The summed E-state index contributed by atoms with van der Waals surface area (Å²) in [7, 11) is 0. The van der Waals surface area contributed by atoms with E-state index in [4.69, 9.17) is 14.7 Å². The number of hydrogen-bond donors (Lipinski definition) is 3. The molecule has 7 aliphatic rings. The third-order valence-electron chi connectivity index (χ3n) is 16.2. The van der Waals surface area contributed by atoms with Gasteiger partial charge in [0.2, 0.25) is 11.8 Å². The third kappa shape index (κ3) is 7.68. The van der Waals surface area contributed by atoms with E-state index in [-0.39, 0.29) is 46.8 Å². The lowest BCUT2D eigenvalue weighted by Crippen LogP contribution is -2.68. The van der Waals surface area contributed by atoms with E-state index >= 15 is 17.6 Å². The number of piperazine rings is 2. The molecular weight excluding hydrogens is 879 g/mol. The first-order valence-corrected chi connectivity index (χ1v) is 24.3. The minimum Gasteiger partial charge on any atom is -0.508 e. The topological polar surface area (TPSA) is 139 Å². The molecule has 5 aromatic rings. The first kappa shape index (κ1) is 43.6. The molecule has 2 bridgehead atoms. The number of likely N-dealkylation sites (tertiary alicyclic amines) is 1. The monoisotopic (exact) mass is 933 g/mol. The number of fused-ring (bicyclic) bond motifs is 4. The number of carbonyl (C=O) groups is 2. The zero-order chi connectivity index (χ0) is 46.6. The first-order valence-electron chi connectivity index (χ1n) is 24.3. The van der Waals surface area contributed by atoms with E-state index in [0.29, 0.717) is 102 Å². The largest absolute Gasteiger partial charge is 0.508 e. The van der Waals surface area contributed by atoms with Gasteiger partial charge in [0.05, 0.1) is 17.9 Å². The summed E-state index contributed by atoms with van der Waals surface area (Å²) in [6, 6.07) is 9.78. The minimum atomic E-state index is -1.02. The van der Waals surface area contributed by atoms with Gasteiger partial charge in [0.1, 0.15) is 40.2 Å². The molecule has 3 unspecified atom stereocenters. The summed E-state index contributed by atoms with van der Waals surface area (Å²) in [5, 5.41) is 18.2. The SMILES string of the molecule is CCc1c(F)ccc2cc(O)cc(-c3ncc4c(N5CC6CCC(C5)N6)nc(OCC5(CN6CC7(CC(N8CCN(c9cc(F)c(C%10CCC(=O)NC%10=O)c(F)c9)CC8)C7)C6)CC5)nc4c3F)c12. The molecule has 68 heavy (non-hydrogen) atoms. The van der Waals surface area contributed by atoms with Gasteiger partial charge in [-0.15, -0.1) is 0 Å². The quantitative estimate of drug-likeness (QED) is 0.0976. The van der Waals surface area contributed by atoms with Crippen molar-refractivity contribution in [3.63, 3.8) is 0 Å². The van der Waals surface area contributed by atoms with Gasteiger partial charge in [-0.2, -0.15) is 9.97 Å². The predicted octanol–water partition coefficient (Wildman–Crippen LogP) is 6.58. The average Bonchev–Trinajstić information content (AvgIpc) is 3.99. The second kappa shape index (κ2) is 16.5. The van der Waals surface area contributed by atoms with Crippen LogP contribution in [0.5, 0.6) is 11.8 Å². The van der Waals surface area contributed by atoms with Crippen LogP contribution in [0, 0.1) is 34.1 Å². The molecule has 1 spiro atoms. The maximum atomic E-state index is 17.1. The van der Waals surface area contributed by atoms with Crippen LogP contribution >= 0.6 is 0 Å². The highest BCUT2D eigenvalue weighted by Gasteiger charge is 2.56.